The summed E-state index contributed by atoms with van der Waals surface area (Å²) >= 11 is 0. The third kappa shape index (κ3) is 2.47. The van der Waals surface area contributed by atoms with E-state index < -0.39 is 23.9 Å². The first-order valence-corrected chi connectivity index (χ1v) is 4.01. The van der Waals surface area contributed by atoms with Crippen LogP contribution in [0.2, 0.25) is 0 Å². The summed E-state index contributed by atoms with van der Waals surface area (Å²) in [7, 11) is 0. The molecule has 2 atom stereocenters. The summed E-state index contributed by atoms with van der Waals surface area (Å²) in [5.41, 5.74) is 5.61. The van der Waals surface area contributed by atoms with Gasteiger partial charge in [-0.15, -0.1) is 0 Å². The van der Waals surface area contributed by atoms with Crippen molar-refractivity contribution < 1.29 is 17.7 Å². The molecule has 0 aromatic heterocycles. The molecule has 0 amide bonds. The van der Waals surface area contributed by atoms with Gasteiger partial charge in [0.25, 0.3) is 0 Å². The molecule has 4 N–H and O–H groups in total. The summed E-state index contributed by atoms with van der Waals surface area (Å²) in [6, 6.07) is 1.57. The largest absolute Gasteiger partial charge is 0.504 e. The molecule has 4 nitrogen and oxygen atoms in total. The molecule has 0 aliphatic carbocycles. The lowest BCUT2D eigenvalue weighted by Crippen LogP contribution is -2.30. The highest BCUT2D eigenvalue weighted by Crippen LogP contribution is 2.25. The van der Waals surface area contributed by atoms with Gasteiger partial charge in [-0.2, -0.15) is 0 Å². The van der Waals surface area contributed by atoms with Crippen LogP contribution in [0.4, 0.5) is 0 Å². The minimum atomic E-state index is -2.07. The smallest absolute Gasteiger partial charge is 0.157 e. The van der Waals surface area contributed by atoms with Gasteiger partial charge in [0, 0.05) is 1.37 Å². The van der Waals surface area contributed by atoms with Crippen molar-refractivity contribution in [2.75, 3.05) is 0 Å². The van der Waals surface area contributed by atoms with Crippen molar-refractivity contribution >= 4 is 5.78 Å². The van der Waals surface area contributed by atoms with E-state index in [1.807, 2.05) is 0 Å². The normalized spacial score (nSPS) is 19.0. The second-order valence-electron chi connectivity index (χ2n) is 2.90. The van der Waals surface area contributed by atoms with Crippen LogP contribution in [0.25, 0.3) is 0 Å². The van der Waals surface area contributed by atoms with Gasteiger partial charge in [-0.25, -0.2) is 0 Å². The Balaban J connectivity index is 3.10. The Bertz CT molecular complexity index is 421. The fourth-order valence-electron chi connectivity index (χ4n) is 0.911. The van der Waals surface area contributed by atoms with E-state index in [0.717, 1.165) is 13.0 Å². The monoisotopic (exact) mass is 197 g/mol. The number of Topliss-reactive ketones (excluding diaryl/α,β-unsaturated/α-hetero) is 1. The van der Waals surface area contributed by atoms with E-state index in [0.29, 0.717) is 0 Å². The predicted octanol–water partition coefficient (Wildman–Crippen LogP) is 0.557. The maximum absolute atomic E-state index is 11.1. The van der Waals surface area contributed by atoms with E-state index in [1.165, 1.54) is 12.1 Å². The van der Waals surface area contributed by atoms with Crippen LogP contribution in [0.5, 0.6) is 11.5 Å². The number of nitrogens with two attached hydrogens (primary N) is 1. The molecular weight excluding hydrogens is 182 g/mol. The summed E-state index contributed by atoms with van der Waals surface area (Å²) in [5, 5.41) is 18.3. The molecule has 0 bridgehead atoms. The molecule has 0 fully saturated rings. The quantitative estimate of drug-likeness (QED) is 0.618. The lowest BCUT2D eigenvalue weighted by atomic mass is 10.0. The molecule has 0 aliphatic heterocycles. The number of ketones is 1. The molecule has 0 radical (unpaired) electrons. The number of aromatic hydroxyl groups is 2. The van der Waals surface area contributed by atoms with Gasteiger partial charge in [0.15, 0.2) is 11.5 Å². The molecule has 0 heterocycles. The summed E-state index contributed by atoms with van der Waals surface area (Å²) in [5.74, 6) is -1.37. The first-order chi connectivity index (χ1) is 7.26. The zero-order chi connectivity index (χ0) is 12.5. The molecule has 4 heteroatoms. The van der Waals surface area contributed by atoms with E-state index in [1.54, 1.807) is 0 Å². The molecule has 0 unspecified atom stereocenters. The molecule has 0 saturated carbocycles. The third-order valence-electron chi connectivity index (χ3n) is 1.73. The molecule has 1 rings (SSSR count). The zero-order valence-corrected chi connectivity index (χ0v) is 7.69. The summed E-state index contributed by atoms with van der Waals surface area (Å²) in [6.07, 6.45) is -1.32. The Morgan fingerprint density at radius 2 is 2.29 bits per heavy atom. The highest BCUT2D eigenvalue weighted by Gasteiger charge is 2.10. The number of carbonyl (C=O) groups excluding carboxylic acids is 1. The highest BCUT2D eigenvalue weighted by atomic mass is 16.3. The van der Waals surface area contributed by atoms with Crippen LogP contribution in [0.15, 0.2) is 18.2 Å². The van der Waals surface area contributed by atoms with Crippen molar-refractivity contribution in [2.24, 2.45) is 5.73 Å². The molecule has 0 aliphatic rings. The second kappa shape index (κ2) is 4.11. The average Bonchev–Trinajstić information content (AvgIpc) is 2.20. The number of carbonyl (C=O) groups is 1. The number of benzene rings is 1. The molecular formula is C10H13NO3. The lowest BCUT2D eigenvalue weighted by molar-refractivity contribution is -0.118. The van der Waals surface area contributed by atoms with Crippen LogP contribution in [0.3, 0.4) is 0 Å². The van der Waals surface area contributed by atoms with Gasteiger partial charge in [-0.3, -0.25) is 4.79 Å². The maximum atomic E-state index is 11.1. The summed E-state index contributed by atoms with van der Waals surface area (Å²) < 4.78 is 15.2. The molecule has 0 spiro atoms. The van der Waals surface area contributed by atoms with Crippen molar-refractivity contribution in [2.45, 2.75) is 19.3 Å². The van der Waals surface area contributed by atoms with Gasteiger partial charge in [0.05, 0.1) is 7.39 Å². The molecule has 1 aromatic rings. The molecule has 14 heavy (non-hydrogen) atoms. The van der Waals surface area contributed by atoms with Gasteiger partial charge < -0.3 is 15.9 Å². The SMILES string of the molecule is [2H][C@H](c1ccc(O)c(O)c1)[C@@]([2H])(N)C(C)=O. The first-order valence-electron chi connectivity index (χ1n) is 5.08. The number of phenols is 2. The molecule has 76 valence electrons. The molecule has 0 saturated heterocycles. The van der Waals surface area contributed by atoms with Crippen LogP contribution in [0.1, 0.15) is 15.2 Å². The third-order valence-corrected chi connectivity index (χ3v) is 1.73. The average molecular weight is 197 g/mol. The van der Waals surface area contributed by atoms with E-state index >= 15 is 0 Å². The van der Waals surface area contributed by atoms with Crippen molar-refractivity contribution in [3.63, 3.8) is 0 Å². The van der Waals surface area contributed by atoms with Crippen LogP contribution < -0.4 is 5.73 Å². The van der Waals surface area contributed by atoms with Crippen molar-refractivity contribution in [3.05, 3.63) is 23.8 Å². The topological polar surface area (TPSA) is 83.6 Å². The maximum Gasteiger partial charge on any atom is 0.157 e. The lowest BCUT2D eigenvalue weighted by Gasteiger charge is -2.08. The van der Waals surface area contributed by atoms with Crippen molar-refractivity contribution in [1.29, 1.82) is 0 Å². The number of hydrogen-bond donors (Lipinski definition) is 3. The van der Waals surface area contributed by atoms with Gasteiger partial charge in [0.1, 0.15) is 5.78 Å². The zero-order valence-electron chi connectivity index (χ0n) is 9.69. The Morgan fingerprint density at radius 3 is 2.79 bits per heavy atom. The first kappa shape index (κ1) is 7.82. The number of hydrogen-bond acceptors (Lipinski definition) is 4. The van der Waals surface area contributed by atoms with E-state index in [-0.39, 0.29) is 11.3 Å². The second-order valence-corrected chi connectivity index (χ2v) is 2.90. The summed E-state index contributed by atoms with van der Waals surface area (Å²) in [4.78, 5) is 11.1. The van der Waals surface area contributed by atoms with Gasteiger partial charge in [-0.05, 0) is 31.0 Å². The van der Waals surface area contributed by atoms with E-state index in [2.05, 4.69) is 0 Å². The van der Waals surface area contributed by atoms with Gasteiger partial charge in [-0.1, -0.05) is 6.07 Å². The summed E-state index contributed by atoms with van der Waals surface area (Å²) in [6.45, 7) is 1.13. The van der Waals surface area contributed by atoms with Crippen LogP contribution in [0, 0.1) is 0 Å². The number of phenolic OH excluding ortho intramolecular Hbond substituents is 2. The van der Waals surface area contributed by atoms with E-state index in [4.69, 9.17) is 13.6 Å². The minimum Gasteiger partial charge on any atom is -0.504 e. The minimum absolute atomic E-state index is 0.197. The Labute approximate surface area is 84.8 Å². The van der Waals surface area contributed by atoms with Crippen LogP contribution >= 0.6 is 0 Å². The van der Waals surface area contributed by atoms with E-state index in [9.17, 15) is 9.90 Å². The molecule has 1 aromatic carbocycles. The number of rotatable bonds is 3. The van der Waals surface area contributed by atoms with Gasteiger partial charge in [0.2, 0.25) is 0 Å². The highest BCUT2D eigenvalue weighted by molar-refractivity contribution is 5.81. The fourth-order valence-corrected chi connectivity index (χ4v) is 0.911. The fraction of sp³-hybridized carbons (Fsp3) is 0.300. The Morgan fingerprint density at radius 1 is 1.64 bits per heavy atom. The Hall–Kier alpha value is -1.55. The predicted molar refractivity (Wildman–Crippen MR) is 52.1 cm³/mol. The van der Waals surface area contributed by atoms with Crippen molar-refractivity contribution in [3.8, 4) is 11.5 Å². The Kier molecular flexibility index (Phi) is 2.29. The standard InChI is InChI=1S/C10H13NO3/c1-6(12)8(11)4-7-2-3-9(13)10(14)5-7/h2-3,5,8,13-14H,4,11H2,1H3/t8-/m1/s1/i4D,8D/t4-,8-. The van der Waals surface area contributed by atoms with Crippen LogP contribution in [-0.4, -0.2) is 22.0 Å². The van der Waals surface area contributed by atoms with Crippen LogP contribution in [-0.2, 0) is 11.2 Å². The van der Waals surface area contributed by atoms with Gasteiger partial charge >= 0.3 is 0 Å². The van der Waals surface area contributed by atoms with Crippen molar-refractivity contribution in [1.82, 2.24) is 0 Å².